The summed E-state index contributed by atoms with van der Waals surface area (Å²) in [6.07, 6.45) is 1.36. The first kappa shape index (κ1) is 13.1. The monoisotopic (exact) mass is 388 g/mol. The number of nitrogens with zero attached hydrogens (tertiary/aromatic N) is 1. The van der Waals surface area contributed by atoms with Crippen molar-refractivity contribution in [2.75, 3.05) is 15.9 Å². The molecule has 1 fully saturated rings. The molecule has 2 aliphatic heterocycles. The number of likely N-dealkylation sites (N-methyl/N-ethyl adjacent to an activating group) is 1. The van der Waals surface area contributed by atoms with Crippen LogP contribution in [0.3, 0.4) is 0 Å². The Balaban J connectivity index is 1.96. The van der Waals surface area contributed by atoms with E-state index < -0.39 is 0 Å². The summed E-state index contributed by atoms with van der Waals surface area (Å²) in [4.78, 5) is 24.5. The van der Waals surface area contributed by atoms with Crippen LogP contribution in [-0.2, 0) is 9.59 Å². The molecule has 5 heteroatoms. The normalized spacial score (nSPS) is 20.1. The topological polar surface area (TPSA) is 37.4 Å². The molecule has 1 aromatic carbocycles. The van der Waals surface area contributed by atoms with E-state index in [2.05, 4.69) is 0 Å². The van der Waals surface area contributed by atoms with Crippen LogP contribution in [0.15, 0.2) is 24.3 Å². The third-order valence-corrected chi connectivity index (χ3v) is 7.16. The number of hydrogen-bond acceptors (Lipinski definition) is 2. The minimum absolute atomic E-state index is 0.283. The van der Waals surface area contributed by atoms with E-state index in [4.69, 9.17) is 11.6 Å². The Bertz CT molecular complexity index is 607. The predicted octanol–water partition coefficient (Wildman–Crippen LogP) is -1.09. The van der Waals surface area contributed by atoms with E-state index in [9.17, 15) is 9.59 Å². The molecule has 2 aliphatic rings. The van der Waals surface area contributed by atoms with E-state index in [0.717, 1.165) is 4.90 Å². The molecule has 3 nitrogen and oxygen atoms in total. The SMILES string of the molecule is CN1C(=O)C=C(c2ccc(C3C[I-]C3)cc2Cl)C1=O. The number of carbonyl (C=O) groups excluding carboxylic acids is 2. The molecular formula is C14H12ClINO2-. The molecule has 0 unspecified atom stereocenters. The zero-order valence-electron chi connectivity index (χ0n) is 10.3. The van der Waals surface area contributed by atoms with E-state index >= 15 is 0 Å². The standard InChI is InChI=1S/C14H12ClINO2/c1-17-13(18)5-11(14(17)19)10-3-2-8(4-12(10)15)9-6-16-7-9/h2-5,9H,6-7H2,1H3/q-1. The second kappa shape index (κ2) is 4.90. The first-order chi connectivity index (χ1) is 9.08. The van der Waals surface area contributed by atoms with Crippen LogP contribution in [0.25, 0.3) is 5.57 Å². The number of amides is 2. The number of imide groups is 1. The molecule has 0 spiro atoms. The average molecular weight is 389 g/mol. The van der Waals surface area contributed by atoms with E-state index in [1.165, 1.54) is 27.5 Å². The molecular weight excluding hydrogens is 377 g/mol. The zero-order chi connectivity index (χ0) is 13.6. The van der Waals surface area contributed by atoms with Crippen molar-refractivity contribution in [2.45, 2.75) is 5.92 Å². The van der Waals surface area contributed by atoms with E-state index in [-0.39, 0.29) is 11.8 Å². The van der Waals surface area contributed by atoms with Crippen molar-refractivity contribution < 1.29 is 30.8 Å². The Morgan fingerprint density at radius 3 is 2.53 bits per heavy atom. The average Bonchev–Trinajstić information content (AvgIpc) is 2.55. The molecule has 0 N–H and O–H groups in total. The van der Waals surface area contributed by atoms with Gasteiger partial charge in [-0.05, 0) is 0 Å². The van der Waals surface area contributed by atoms with E-state index in [1.807, 2.05) is 18.2 Å². The molecule has 0 aliphatic carbocycles. The summed E-state index contributed by atoms with van der Waals surface area (Å²) in [5, 5.41) is 0.560. The van der Waals surface area contributed by atoms with Gasteiger partial charge in [-0.3, -0.25) is 0 Å². The Kier molecular flexibility index (Phi) is 3.39. The van der Waals surface area contributed by atoms with Gasteiger partial charge in [0.15, 0.2) is 0 Å². The van der Waals surface area contributed by atoms with Crippen molar-refractivity contribution >= 4 is 29.0 Å². The molecule has 2 amide bonds. The molecule has 1 saturated heterocycles. The van der Waals surface area contributed by atoms with Crippen LogP contribution in [0.5, 0.6) is 0 Å². The van der Waals surface area contributed by atoms with Crippen molar-refractivity contribution in [3.05, 3.63) is 40.4 Å². The van der Waals surface area contributed by atoms with Crippen LogP contribution >= 0.6 is 11.6 Å². The molecule has 0 saturated carbocycles. The number of rotatable bonds is 2. The number of carbonyl (C=O) groups is 2. The minimum atomic E-state index is -0.288. The molecule has 1 aromatic rings. The van der Waals surface area contributed by atoms with Gasteiger partial charge >= 0.3 is 127 Å². The maximum atomic E-state index is 11.9. The van der Waals surface area contributed by atoms with Crippen LogP contribution in [0.4, 0.5) is 0 Å². The molecule has 0 radical (unpaired) electrons. The predicted molar refractivity (Wildman–Crippen MR) is 69.7 cm³/mol. The van der Waals surface area contributed by atoms with E-state index in [1.54, 1.807) is 0 Å². The number of halogens is 2. The fourth-order valence-corrected chi connectivity index (χ4v) is 4.71. The summed E-state index contributed by atoms with van der Waals surface area (Å²) in [6, 6.07) is 5.84. The van der Waals surface area contributed by atoms with Gasteiger partial charge in [0.25, 0.3) is 0 Å². The zero-order valence-corrected chi connectivity index (χ0v) is 13.2. The van der Waals surface area contributed by atoms with Gasteiger partial charge < -0.3 is 0 Å². The van der Waals surface area contributed by atoms with Crippen molar-refractivity contribution in [3.8, 4) is 0 Å². The fraction of sp³-hybridized carbons (Fsp3) is 0.286. The number of benzene rings is 1. The first-order valence-corrected chi connectivity index (χ1v) is 9.38. The van der Waals surface area contributed by atoms with Crippen LogP contribution < -0.4 is 21.2 Å². The second-order valence-electron chi connectivity index (χ2n) is 4.69. The van der Waals surface area contributed by atoms with E-state index in [0.29, 0.717) is 43.3 Å². The Morgan fingerprint density at radius 2 is 2.05 bits per heavy atom. The van der Waals surface area contributed by atoms with Crippen LogP contribution in [-0.4, -0.2) is 32.6 Å². The van der Waals surface area contributed by atoms with Gasteiger partial charge in [-0.1, -0.05) is 0 Å². The maximum absolute atomic E-state index is 11.9. The summed E-state index contributed by atoms with van der Waals surface area (Å²) < 4.78 is 2.63. The molecule has 19 heavy (non-hydrogen) atoms. The molecule has 0 bridgehead atoms. The summed E-state index contributed by atoms with van der Waals surface area (Å²) in [6.45, 7) is 0. The summed E-state index contributed by atoms with van der Waals surface area (Å²) in [5.41, 5.74) is 2.30. The van der Waals surface area contributed by atoms with Gasteiger partial charge in [0.05, 0.1) is 0 Å². The molecule has 100 valence electrons. The quantitative estimate of drug-likeness (QED) is 0.367. The van der Waals surface area contributed by atoms with Gasteiger partial charge in [-0.15, -0.1) is 0 Å². The third kappa shape index (κ3) is 2.21. The van der Waals surface area contributed by atoms with Crippen LogP contribution in [0.2, 0.25) is 5.02 Å². The molecule has 2 heterocycles. The van der Waals surface area contributed by atoms with Gasteiger partial charge in [0.1, 0.15) is 0 Å². The van der Waals surface area contributed by atoms with Gasteiger partial charge in [0, 0.05) is 0 Å². The Morgan fingerprint density at radius 1 is 1.32 bits per heavy atom. The van der Waals surface area contributed by atoms with Crippen molar-refractivity contribution in [2.24, 2.45) is 0 Å². The molecule has 0 aromatic heterocycles. The Labute approximate surface area is 126 Å². The van der Waals surface area contributed by atoms with Crippen molar-refractivity contribution in [1.82, 2.24) is 4.90 Å². The summed E-state index contributed by atoms with van der Waals surface area (Å²) in [5.74, 6) is 0.0787. The first-order valence-electron chi connectivity index (χ1n) is 5.95. The summed E-state index contributed by atoms with van der Waals surface area (Å²) in [7, 11) is 1.48. The molecule has 3 rings (SSSR count). The van der Waals surface area contributed by atoms with Crippen molar-refractivity contribution in [3.63, 3.8) is 0 Å². The molecule has 0 atom stereocenters. The van der Waals surface area contributed by atoms with Crippen LogP contribution in [0.1, 0.15) is 17.0 Å². The van der Waals surface area contributed by atoms with Gasteiger partial charge in [-0.25, -0.2) is 0 Å². The number of alkyl halides is 2. The fourth-order valence-electron chi connectivity index (χ4n) is 2.16. The third-order valence-electron chi connectivity index (χ3n) is 3.48. The number of hydrogen-bond donors (Lipinski definition) is 0. The summed E-state index contributed by atoms with van der Waals surface area (Å²) >= 11 is 6.70. The Hall–Kier alpha value is -0.880. The van der Waals surface area contributed by atoms with Gasteiger partial charge in [0.2, 0.25) is 0 Å². The van der Waals surface area contributed by atoms with Gasteiger partial charge in [-0.2, -0.15) is 0 Å². The second-order valence-corrected chi connectivity index (χ2v) is 7.94. The van der Waals surface area contributed by atoms with Crippen LogP contribution in [0, 0.1) is 0 Å². The van der Waals surface area contributed by atoms with Crippen molar-refractivity contribution in [1.29, 1.82) is 0 Å².